The monoisotopic (exact) mass is 437 g/mol. The summed E-state index contributed by atoms with van der Waals surface area (Å²) in [5, 5.41) is 5.01. The summed E-state index contributed by atoms with van der Waals surface area (Å²) in [5.41, 5.74) is 10.2. The molecular formula is C24H21Cl2N3O. The molecule has 1 aliphatic heterocycles. The van der Waals surface area contributed by atoms with Crippen LogP contribution in [0.1, 0.15) is 38.2 Å². The fourth-order valence-corrected chi connectivity index (χ4v) is 3.99. The largest absolute Gasteiger partial charge is 0.363 e. The fraction of sp³-hybridized carbons (Fsp3) is 0.167. The van der Waals surface area contributed by atoms with E-state index in [1.54, 1.807) is 18.2 Å². The van der Waals surface area contributed by atoms with Gasteiger partial charge in [-0.2, -0.15) is 5.10 Å². The Morgan fingerprint density at radius 3 is 2.20 bits per heavy atom. The predicted molar refractivity (Wildman–Crippen MR) is 124 cm³/mol. The molecule has 3 aromatic rings. The van der Waals surface area contributed by atoms with Gasteiger partial charge in [0, 0.05) is 34.9 Å². The van der Waals surface area contributed by atoms with Crippen LogP contribution in [0, 0.1) is 13.8 Å². The van der Waals surface area contributed by atoms with E-state index in [1.807, 2.05) is 24.3 Å². The van der Waals surface area contributed by atoms with Crippen LogP contribution < -0.4 is 10.3 Å². The van der Waals surface area contributed by atoms with Crippen LogP contribution >= 0.6 is 23.2 Å². The quantitative estimate of drug-likeness (QED) is 0.408. The van der Waals surface area contributed by atoms with E-state index in [0.29, 0.717) is 21.2 Å². The second-order valence-electron chi connectivity index (χ2n) is 7.47. The van der Waals surface area contributed by atoms with E-state index >= 15 is 0 Å². The lowest BCUT2D eigenvalue weighted by molar-refractivity contribution is 0.0955. The van der Waals surface area contributed by atoms with Gasteiger partial charge in [-0.05, 0) is 72.5 Å². The second kappa shape index (κ2) is 8.50. The van der Waals surface area contributed by atoms with E-state index in [-0.39, 0.29) is 5.91 Å². The van der Waals surface area contributed by atoms with Gasteiger partial charge in [0.05, 0.1) is 11.2 Å². The molecule has 0 radical (unpaired) electrons. The molecule has 6 heteroatoms. The van der Waals surface area contributed by atoms with E-state index in [4.69, 9.17) is 23.2 Å². The molecule has 0 spiro atoms. The Morgan fingerprint density at radius 2 is 1.60 bits per heavy atom. The molecule has 0 fully saturated rings. The van der Waals surface area contributed by atoms with Gasteiger partial charge < -0.3 is 4.90 Å². The van der Waals surface area contributed by atoms with Crippen LogP contribution in [0.25, 0.3) is 0 Å². The van der Waals surface area contributed by atoms with Crippen LogP contribution in [-0.2, 0) is 13.1 Å². The first kappa shape index (κ1) is 20.5. The number of hydrogen-bond donors (Lipinski definition) is 1. The number of nitrogens with zero attached hydrogens (tertiary/aromatic N) is 2. The number of hydrazone groups is 1. The summed E-state index contributed by atoms with van der Waals surface area (Å²) in [4.78, 5) is 14.7. The SMILES string of the molecule is Cc1cc2c(cc1C)CN(c1ccc(C(=O)NN=Cc3ccc(Cl)cc3Cl)cc1)C2. The van der Waals surface area contributed by atoms with Crippen molar-refractivity contribution < 1.29 is 4.79 Å². The Kier molecular flexibility index (Phi) is 5.80. The Balaban J connectivity index is 1.40. The molecule has 3 aromatic carbocycles. The molecule has 0 aliphatic carbocycles. The lowest BCUT2D eigenvalue weighted by Gasteiger charge is -2.17. The van der Waals surface area contributed by atoms with Crippen molar-refractivity contribution in [1.29, 1.82) is 0 Å². The number of rotatable bonds is 4. The summed E-state index contributed by atoms with van der Waals surface area (Å²) in [6, 6.07) is 17.2. The number of aryl methyl sites for hydroxylation is 2. The van der Waals surface area contributed by atoms with E-state index in [1.165, 1.54) is 28.5 Å². The molecule has 4 nitrogen and oxygen atoms in total. The molecule has 4 rings (SSSR count). The Morgan fingerprint density at radius 1 is 0.967 bits per heavy atom. The van der Waals surface area contributed by atoms with Crippen LogP contribution in [-0.4, -0.2) is 12.1 Å². The number of anilines is 1. The molecule has 0 bridgehead atoms. The number of hydrogen-bond acceptors (Lipinski definition) is 3. The van der Waals surface area contributed by atoms with Gasteiger partial charge in [-0.15, -0.1) is 0 Å². The highest BCUT2D eigenvalue weighted by Gasteiger charge is 2.20. The van der Waals surface area contributed by atoms with Crippen molar-refractivity contribution >= 4 is 41.0 Å². The number of benzene rings is 3. The van der Waals surface area contributed by atoms with E-state index in [0.717, 1.165) is 18.8 Å². The third kappa shape index (κ3) is 4.35. The highest BCUT2D eigenvalue weighted by Crippen LogP contribution is 2.30. The summed E-state index contributed by atoms with van der Waals surface area (Å²) in [6.45, 7) is 6.06. The average molecular weight is 438 g/mol. The van der Waals surface area contributed by atoms with Crippen LogP contribution in [0.4, 0.5) is 5.69 Å². The van der Waals surface area contributed by atoms with Gasteiger partial charge in [-0.25, -0.2) is 5.43 Å². The van der Waals surface area contributed by atoms with E-state index in [9.17, 15) is 4.79 Å². The standard InChI is InChI=1S/C24H21Cl2N3O/c1-15-9-19-13-29(14-20(19)10-16(15)2)22-7-4-17(5-8-22)24(30)28-27-12-18-3-6-21(25)11-23(18)26/h3-12H,13-14H2,1-2H3,(H,28,30). The second-order valence-corrected chi connectivity index (χ2v) is 8.32. The molecule has 1 heterocycles. The Bertz CT molecular complexity index is 1110. The molecule has 1 N–H and O–H groups in total. The van der Waals surface area contributed by atoms with Gasteiger partial charge in [0.1, 0.15) is 0 Å². The topological polar surface area (TPSA) is 44.7 Å². The molecule has 30 heavy (non-hydrogen) atoms. The van der Waals surface area contributed by atoms with Crippen molar-refractivity contribution in [2.24, 2.45) is 5.10 Å². The third-order valence-corrected chi connectivity index (χ3v) is 5.93. The van der Waals surface area contributed by atoms with Crippen LogP contribution in [0.2, 0.25) is 10.0 Å². The van der Waals surface area contributed by atoms with Crippen molar-refractivity contribution in [1.82, 2.24) is 5.43 Å². The van der Waals surface area contributed by atoms with Crippen molar-refractivity contribution in [3.63, 3.8) is 0 Å². The minimum Gasteiger partial charge on any atom is -0.363 e. The minimum absolute atomic E-state index is 0.279. The Hall–Kier alpha value is -2.82. The summed E-state index contributed by atoms with van der Waals surface area (Å²) < 4.78 is 0. The number of fused-ring (bicyclic) bond motifs is 1. The lowest BCUT2D eigenvalue weighted by atomic mass is 10.0. The number of carbonyl (C=O) groups excluding carboxylic acids is 1. The number of amides is 1. The zero-order chi connectivity index (χ0) is 21.3. The summed E-state index contributed by atoms with van der Waals surface area (Å²) in [5.74, 6) is -0.279. The highest BCUT2D eigenvalue weighted by molar-refractivity contribution is 6.36. The maximum Gasteiger partial charge on any atom is 0.271 e. The summed E-state index contributed by atoms with van der Waals surface area (Å²) in [6.07, 6.45) is 1.50. The Labute approximate surface area is 186 Å². The summed E-state index contributed by atoms with van der Waals surface area (Å²) >= 11 is 12.0. The van der Waals surface area contributed by atoms with Gasteiger partial charge in [0.15, 0.2) is 0 Å². The molecule has 0 atom stereocenters. The minimum atomic E-state index is -0.279. The number of halogens is 2. The maximum atomic E-state index is 12.4. The molecule has 1 aliphatic rings. The van der Waals surface area contributed by atoms with E-state index < -0.39 is 0 Å². The van der Waals surface area contributed by atoms with Gasteiger partial charge in [-0.3, -0.25) is 4.79 Å². The number of carbonyl (C=O) groups is 1. The first-order valence-electron chi connectivity index (χ1n) is 9.63. The van der Waals surface area contributed by atoms with Gasteiger partial charge in [-0.1, -0.05) is 41.4 Å². The van der Waals surface area contributed by atoms with Crippen molar-refractivity contribution in [3.8, 4) is 0 Å². The van der Waals surface area contributed by atoms with Crippen molar-refractivity contribution in [3.05, 3.63) is 98.0 Å². The van der Waals surface area contributed by atoms with Crippen LogP contribution in [0.3, 0.4) is 0 Å². The van der Waals surface area contributed by atoms with Gasteiger partial charge >= 0.3 is 0 Å². The zero-order valence-electron chi connectivity index (χ0n) is 16.7. The van der Waals surface area contributed by atoms with Crippen LogP contribution in [0.15, 0.2) is 59.7 Å². The molecule has 0 saturated carbocycles. The van der Waals surface area contributed by atoms with Gasteiger partial charge in [0.25, 0.3) is 5.91 Å². The molecule has 152 valence electrons. The maximum absolute atomic E-state index is 12.4. The smallest absolute Gasteiger partial charge is 0.271 e. The normalized spacial score (nSPS) is 13.0. The third-order valence-electron chi connectivity index (χ3n) is 5.37. The van der Waals surface area contributed by atoms with Gasteiger partial charge in [0.2, 0.25) is 0 Å². The summed E-state index contributed by atoms with van der Waals surface area (Å²) in [7, 11) is 0. The first-order valence-corrected chi connectivity index (χ1v) is 10.4. The molecular weight excluding hydrogens is 417 g/mol. The van der Waals surface area contributed by atoms with Crippen LogP contribution in [0.5, 0.6) is 0 Å². The average Bonchev–Trinajstić information content (AvgIpc) is 3.12. The van der Waals surface area contributed by atoms with E-state index in [2.05, 4.69) is 41.4 Å². The molecule has 1 amide bonds. The highest BCUT2D eigenvalue weighted by atomic mass is 35.5. The molecule has 0 saturated heterocycles. The first-order chi connectivity index (χ1) is 14.4. The zero-order valence-corrected chi connectivity index (χ0v) is 18.3. The number of nitrogens with one attached hydrogen (secondary N) is 1. The fourth-order valence-electron chi connectivity index (χ4n) is 3.53. The predicted octanol–water partition coefficient (Wildman–Crippen LogP) is 5.89. The van der Waals surface area contributed by atoms with Crippen molar-refractivity contribution in [2.45, 2.75) is 26.9 Å². The lowest BCUT2D eigenvalue weighted by Crippen LogP contribution is -2.18. The molecule has 0 aromatic heterocycles. The van der Waals surface area contributed by atoms with Crippen molar-refractivity contribution in [2.75, 3.05) is 4.90 Å². The molecule has 0 unspecified atom stereocenters.